The number of hydrogen-bond donors (Lipinski definition) is 2. The lowest BCUT2D eigenvalue weighted by Crippen LogP contribution is -2.33. The standard InChI is InChI=1S/C20H19NO5/c1-24-15-9-11-7-8-21-18(13(11)10-16(15)25-2)17-19(22)12-5-3-4-6-14(12)26-20(17)23/h3-6,9-10,18,21-22H,7-8H2,1-2H3/t18-/m1/s1. The topological polar surface area (TPSA) is 80.9 Å². The Labute approximate surface area is 150 Å². The molecule has 4 rings (SSSR count). The SMILES string of the molecule is COc1cc2c(cc1OC)[C@H](c1c(O)c3ccccc3oc1=O)NCC2. The zero-order valence-electron chi connectivity index (χ0n) is 14.5. The van der Waals surface area contributed by atoms with Crippen LogP contribution in [0.25, 0.3) is 11.0 Å². The van der Waals surface area contributed by atoms with Gasteiger partial charge in [0.05, 0.1) is 25.6 Å². The fraction of sp³-hybridized carbons (Fsp3) is 0.250. The molecule has 2 heterocycles. The summed E-state index contributed by atoms with van der Waals surface area (Å²) in [6.45, 7) is 0.666. The summed E-state index contributed by atoms with van der Waals surface area (Å²) in [6.07, 6.45) is 0.784. The third-order valence-corrected chi connectivity index (χ3v) is 4.81. The van der Waals surface area contributed by atoms with Crippen molar-refractivity contribution in [3.05, 3.63) is 63.5 Å². The molecule has 0 bridgehead atoms. The van der Waals surface area contributed by atoms with Crippen LogP contribution in [0.5, 0.6) is 17.2 Å². The fourth-order valence-corrected chi connectivity index (χ4v) is 3.54. The van der Waals surface area contributed by atoms with Crippen molar-refractivity contribution in [1.82, 2.24) is 5.32 Å². The number of benzene rings is 2. The van der Waals surface area contributed by atoms with Crippen LogP contribution in [0.1, 0.15) is 22.7 Å². The van der Waals surface area contributed by atoms with Crippen molar-refractivity contribution in [2.24, 2.45) is 0 Å². The van der Waals surface area contributed by atoms with Gasteiger partial charge in [-0.05, 0) is 41.8 Å². The van der Waals surface area contributed by atoms with E-state index in [1.807, 2.05) is 12.1 Å². The van der Waals surface area contributed by atoms with Crippen molar-refractivity contribution in [1.29, 1.82) is 0 Å². The van der Waals surface area contributed by atoms with Crippen LogP contribution in [0.4, 0.5) is 0 Å². The number of para-hydroxylation sites is 1. The minimum atomic E-state index is -0.554. The second-order valence-corrected chi connectivity index (χ2v) is 6.19. The molecule has 26 heavy (non-hydrogen) atoms. The van der Waals surface area contributed by atoms with Gasteiger partial charge < -0.3 is 24.3 Å². The van der Waals surface area contributed by atoms with Gasteiger partial charge in [-0.2, -0.15) is 0 Å². The van der Waals surface area contributed by atoms with Gasteiger partial charge in [0, 0.05) is 6.54 Å². The monoisotopic (exact) mass is 353 g/mol. The van der Waals surface area contributed by atoms with Gasteiger partial charge in [0.2, 0.25) is 0 Å². The smallest absolute Gasteiger partial charge is 0.345 e. The molecule has 6 nitrogen and oxygen atoms in total. The predicted octanol–water partition coefficient (Wildman–Crippen LogP) is 2.75. The van der Waals surface area contributed by atoms with Gasteiger partial charge in [-0.3, -0.25) is 0 Å². The summed E-state index contributed by atoms with van der Waals surface area (Å²) in [5.41, 5.74) is 1.92. The van der Waals surface area contributed by atoms with E-state index in [1.54, 1.807) is 38.5 Å². The number of rotatable bonds is 3. The van der Waals surface area contributed by atoms with E-state index in [2.05, 4.69) is 5.32 Å². The zero-order valence-corrected chi connectivity index (χ0v) is 14.5. The summed E-state index contributed by atoms with van der Waals surface area (Å²) in [5, 5.41) is 14.6. The Balaban J connectivity index is 1.94. The summed E-state index contributed by atoms with van der Waals surface area (Å²) in [4.78, 5) is 12.6. The minimum Gasteiger partial charge on any atom is -0.507 e. The van der Waals surface area contributed by atoms with E-state index in [9.17, 15) is 9.90 Å². The molecule has 2 aromatic carbocycles. The molecule has 0 aliphatic carbocycles. The van der Waals surface area contributed by atoms with E-state index in [0.717, 1.165) is 17.5 Å². The second kappa shape index (κ2) is 6.38. The first kappa shape index (κ1) is 16.5. The number of aromatic hydroxyl groups is 1. The molecule has 3 aromatic rings. The summed E-state index contributed by atoms with van der Waals surface area (Å²) in [6, 6.07) is 10.2. The first-order valence-electron chi connectivity index (χ1n) is 8.37. The molecule has 0 radical (unpaired) electrons. The Morgan fingerprint density at radius 1 is 1.15 bits per heavy atom. The summed E-state index contributed by atoms with van der Waals surface area (Å²) < 4.78 is 16.2. The normalized spacial score (nSPS) is 16.3. The third-order valence-electron chi connectivity index (χ3n) is 4.81. The largest absolute Gasteiger partial charge is 0.507 e. The van der Waals surface area contributed by atoms with E-state index in [1.165, 1.54) is 0 Å². The number of nitrogens with one attached hydrogen (secondary N) is 1. The lowest BCUT2D eigenvalue weighted by Gasteiger charge is -2.28. The van der Waals surface area contributed by atoms with Crippen molar-refractivity contribution in [2.45, 2.75) is 12.5 Å². The number of fused-ring (bicyclic) bond motifs is 2. The molecule has 1 aliphatic rings. The van der Waals surface area contributed by atoms with Crippen LogP contribution >= 0.6 is 0 Å². The van der Waals surface area contributed by atoms with Gasteiger partial charge in [-0.15, -0.1) is 0 Å². The van der Waals surface area contributed by atoms with Gasteiger partial charge in [-0.1, -0.05) is 12.1 Å². The Kier molecular flexibility index (Phi) is 4.05. The molecule has 1 aromatic heterocycles. The lowest BCUT2D eigenvalue weighted by atomic mass is 9.89. The van der Waals surface area contributed by atoms with Crippen molar-refractivity contribution in [3.63, 3.8) is 0 Å². The average Bonchev–Trinajstić information content (AvgIpc) is 2.67. The van der Waals surface area contributed by atoms with Crippen molar-refractivity contribution in [2.75, 3.05) is 20.8 Å². The highest BCUT2D eigenvalue weighted by Crippen LogP contribution is 2.40. The molecule has 0 saturated heterocycles. The van der Waals surface area contributed by atoms with E-state index in [0.29, 0.717) is 29.0 Å². The van der Waals surface area contributed by atoms with E-state index in [4.69, 9.17) is 13.9 Å². The highest BCUT2D eigenvalue weighted by Gasteiger charge is 2.29. The molecule has 0 saturated carbocycles. The maximum absolute atomic E-state index is 12.6. The number of ether oxygens (including phenoxy) is 2. The van der Waals surface area contributed by atoms with Crippen LogP contribution in [0.15, 0.2) is 45.6 Å². The van der Waals surface area contributed by atoms with Crippen LogP contribution in [0.3, 0.4) is 0 Å². The summed E-state index contributed by atoms with van der Waals surface area (Å²) in [5.74, 6) is 1.16. The maximum atomic E-state index is 12.6. The average molecular weight is 353 g/mol. The second-order valence-electron chi connectivity index (χ2n) is 6.19. The molecule has 2 N–H and O–H groups in total. The molecule has 0 fully saturated rings. The molecule has 0 spiro atoms. The van der Waals surface area contributed by atoms with Crippen LogP contribution in [-0.4, -0.2) is 25.9 Å². The summed E-state index contributed by atoms with van der Waals surface area (Å²) in [7, 11) is 3.16. The van der Waals surface area contributed by atoms with Crippen LogP contribution in [0, 0.1) is 0 Å². The van der Waals surface area contributed by atoms with Gasteiger partial charge in [0.1, 0.15) is 16.9 Å². The highest BCUT2D eigenvalue weighted by atomic mass is 16.5. The fourth-order valence-electron chi connectivity index (χ4n) is 3.54. The van der Waals surface area contributed by atoms with E-state index >= 15 is 0 Å². The molecule has 134 valence electrons. The van der Waals surface area contributed by atoms with E-state index in [-0.39, 0.29) is 11.3 Å². The quantitative estimate of drug-likeness (QED) is 0.705. The summed E-state index contributed by atoms with van der Waals surface area (Å²) >= 11 is 0. The lowest BCUT2D eigenvalue weighted by molar-refractivity contribution is 0.352. The van der Waals surface area contributed by atoms with Gasteiger partial charge in [-0.25, -0.2) is 4.79 Å². The molecule has 0 unspecified atom stereocenters. The predicted molar refractivity (Wildman–Crippen MR) is 97.2 cm³/mol. The molecule has 0 amide bonds. The number of hydrogen-bond acceptors (Lipinski definition) is 6. The molecule has 1 atom stereocenters. The Morgan fingerprint density at radius 2 is 1.88 bits per heavy atom. The Bertz CT molecular complexity index is 1040. The van der Waals surface area contributed by atoms with Crippen LogP contribution < -0.4 is 20.4 Å². The maximum Gasteiger partial charge on any atom is 0.345 e. The van der Waals surface area contributed by atoms with Crippen molar-refractivity contribution >= 4 is 11.0 Å². The molecular weight excluding hydrogens is 334 g/mol. The van der Waals surface area contributed by atoms with Crippen molar-refractivity contribution in [3.8, 4) is 17.2 Å². The van der Waals surface area contributed by atoms with Gasteiger partial charge in [0.15, 0.2) is 11.5 Å². The van der Waals surface area contributed by atoms with Crippen molar-refractivity contribution < 1.29 is 19.0 Å². The first-order valence-corrected chi connectivity index (χ1v) is 8.37. The first-order chi connectivity index (χ1) is 12.6. The van der Waals surface area contributed by atoms with Gasteiger partial charge in [0.25, 0.3) is 0 Å². The highest BCUT2D eigenvalue weighted by molar-refractivity contribution is 5.84. The van der Waals surface area contributed by atoms with Crippen LogP contribution in [-0.2, 0) is 6.42 Å². The van der Waals surface area contributed by atoms with E-state index < -0.39 is 11.7 Å². The number of methoxy groups -OCH3 is 2. The molecule has 6 heteroatoms. The Hall–Kier alpha value is -2.99. The Morgan fingerprint density at radius 3 is 2.65 bits per heavy atom. The molecular formula is C20H19NO5. The zero-order chi connectivity index (χ0) is 18.3. The molecule has 1 aliphatic heterocycles. The van der Waals surface area contributed by atoms with Crippen LogP contribution in [0.2, 0.25) is 0 Å². The van der Waals surface area contributed by atoms with Gasteiger partial charge >= 0.3 is 5.63 Å². The minimum absolute atomic E-state index is 0.0583. The third kappa shape index (κ3) is 2.50.